The monoisotopic (exact) mass is 248 g/mol. The van der Waals surface area contributed by atoms with Crippen LogP contribution >= 0.6 is 0 Å². The molecule has 0 radical (unpaired) electrons. The average Bonchev–Trinajstić information content (AvgIpc) is 2.47. The third-order valence-corrected chi connectivity index (χ3v) is 4.04. The summed E-state index contributed by atoms with van der Waals surface area (Å²) in [5.41, 5.74) is 0. The van der Waals surface area contributed by atoms with Gasteiger partial charge in [0, 0.05) is 0 Å². The van der Waals surface area contributed by atoms with Crippen LogP contribution in [0.25, 0.3) is 0 Å². The van der Waals surface area contributed by atoms with E-state index in [2.05, 4.69) is 0 Å². The summed E-state index contributed by atoms with van der Waals surface area (Å²) < 4.78 is 11.5. The third-order valence-electron chi connectivity index (χ3n) is 4.04. The minimum absolute atomic E-state index is 0.219. The van der Waals surface area contributed by atoms with Gasteiger partial charge in [-0.1, -0.05) is 31.4 Å². The van der Waals surface area contributed by atoms with Crippen LogP contribution in [0.5, 0.6) is 11.5 Å². The molecule has 0 spiro atoms. The van der Waals surface area contributed by atoms with Crippen molar-refractivity contribution in [2.24, 2.45) is 5.92 Å². The van der Waals surface area contributed by atoms with E-state index >= 15 is 0 Å². The van der Waals surface area contributed by atoms with Crippen LogP contribution in [0.1, 0.15) is 32.1 Å². The Hall–Kier alpha value is -1.22. The molecule has 0 aromatic heterocycles. The summed E-state index contributed by atoms with van der Waals surface area (Å²) in [7, 11) is 0. The SMILES string of the molecule is OC(C1CCCCC1)C1COc2ccccc2O1. The molecule has 0 saturated heterocycles. The van der Waals surface area contributed by atoms with Gasteiger partial charge in [-0.15, -0.1) is 0 Å². The zero-order valence-corrected chi connectivity index (χ0v) is 10.5. The first-order valence-corrected chi connectivity index (χ1v) is 6.91. The lowest BCUT2D eigenvalue weighted by Gasteiger charge is -2.35. The van der Waals surface area contributed by atoms with E-state index in [4.69, 9.17) is 9.47 Å². The van der Waals surface area contributed by atoms with E-state index in [-0.39, 0.29) is 6.10 Å². The molecule has 2 aliphatic rings. The summed E-state index contributed by atoms with van der Waals surface area (Å²) in [6.07, 6.45) is 5.36. The molecule has 1 N–H and O–H groups in total. The highest BCUT2D eigenvalue weighted by Crippen LogP contribution is 2.35. The largest absolute Gasteiger partial charge is 0.486 e. The molecule has 0 bridgehead atoms. The molecule has 1 aromatic rings. The van der Waals surface area contributed by atoms with Crippen molar-refractivity contribution < 1.29 is 14.6 Å². The number of para-hydroxylation sites is 2. The molecule has 2 atom stereocenters. The summed E-state index contributed by atoms with van der Waals surface area (Å²) >= 11 is 0. The second-order valence-electron chi connectivity index (χ2n) is 5.30. The molecular formula is C15H20O3. The van der Waals surface area contributed by atoms with E-state index in [1.54, 1.807) is 0 Å². The van der Waals surface area contributed by atoms with Crippen LogP contribution in [-0.2, 0) is 0 Å². The number of ether oxygens (including phenoxy) is 2. The second kappa shape index (κ2) is 5.19. The Bertz CT molecular complexity index is 398. The molecule has 1 heterocycles. The van der Waals surface area contributed by atoms with Crippen LogP contribution < -0.4 is 9.47 Å². The van der Waals surface area contributed by atoms with Crippen molar-refractivity contribution in [2.45, 2.75) is 44.3 Å². The molecular weight excluding hydrogens is 228 g/mol. The number of fused-ring (bicyclic) bond motifs is 1. The van der Waals surface area contributed by atoms with Gasteiger partial charge in [0.2, 0.25) is 0 Å². The minimum atomic E-state index is -0.404. The van der Waals surface area contributed by atoms with Gasteiger partial charge in [-0.25, -0.2) is 0 Å². The van der Waals surface area contributed by atoms with Crippen molar-refractivity contribution in [2.75, 3.05) is 6.61 Å². The van der Waals surface area contributed by atoms with Crippen molar-refractivity contribution in [3.8, 4) is 11.5 Å². The summed E-state index contributed by atoms with van der Waals surface area (Å²) in [5.74, 6) is 1.91. The molecule has 0 amide bonds. The van der Waals surface area contributed by atoms with Crippen LogP contribution in [0.2, 0.25) is 0 Å². The van der Waals surface area contributed by atoms with E-state index in [1.807, 2.05) is 24.3 Å². The van der Waals surface area contributed by atoms with Crippen molar-refractivity contribution >= 4 is 0 Å². The number of aliphatic hydroxyl groups excluding tert-OH is 1. The lowest BCUT2D eigenvalue weighted by Crippen LogP contribution is -2.44. The van der Waals surface area contributed by atoms with Gasteiger partial charge in [0.1, 0.15) is 6.61 Å². The number of hydrogen-bond donors (Lipinski definition) is 1. The molecule has 1 fully saturated rings. The summed E-state index contributed by atoms with van der Waals surface area (Å²) in [6.45, 7) is 0.453. The van der Waals surface area contributed by atoms with Crippen molar-refractivity contribution in [1.82, 2.24) is 0 Å². The predicted molar refractivity (Wildman–Crippen MR) is 68.9 cm³/mol. The fourth-order valence-electron chi connectivity index (χ4n) is 2.98. The highest BCUT2D eigenvalue weighted by molar-refractivity contribution is 5.40. The first-order chi connectivity index (χ1) is 8.84. The molecule has 1 aromatic carbocycles. The zero-order valence-electron chi connectivity index (χ0n) is 10.5. The number of aliphatic hydroxyl groups is 1. The maximum atomic E-state index is 10.4. The van der Waals surface area contributed by atoms with E-state index in [0.29, 0.717) is 12.5 Å². The summed E-state index contributed by atoms with van der Waals surface area (Å²) in [6, 6.07) is 7.66. The maximum Gasteiger partial charge on any atom is 0.161 e. The van der Waals surface area contributed by atoms with Gasteiger partial charge in [-0.05, 0) is 30.9 Å². The topological polar surface area (TPSA) is 38.7 Å². The molecule has 3 nitrogen and oxygen atoms in total. The van der Waals surface area contributed by atoms with Crippen LogP contribution in [0.15, 0.2) is 24.3 Å². The maximum absolute atomic E-state index is 10.4. The Kier molecular flexibility index (Phi) is 3.41. The van der Waals surface area contributed by atoms with Gasteiger partial charge in [0.25, 0.3) is 0 Å². The van der Waals surface area contributed by atoms with Gasteiger partial charge in [-0.2, -0.15) is 0 Å². The first-order valence-electron chi connectivity index (χ1n) is 6.91. The molecule has 3 rings (SSSR count). The number of hydrogen-bond acceptors (Lipinski definition) is 3. The van der Waals surface area contributed by atoms with Crippen LogP contribution in [0, 0.1) is 5.92 Å². The molecule has 1 aliphatic heterocycles. The van der Waals surface area contributed by atoms with Gasteiger partial charge < -0.3 is 14.6 Å². The van der Waals surface area contributed by atoms with E-state index in [0.717, 1.165) is 24.3 Å². The van der Waals surface area contributed by atoms with Crippen molar-refractivity contribution in [3.63, 3.8) is 0 Å². The highest BCUT2D eigenvalue weighted by atomic mass is 16.6. The summed E-state index contributed by atoms with van der Waals surface area (Å²) in [4.78, 5) is 0. The van der Waals surface area contributed by atoms with Gasteiger partial charge in [0.15, 0.2) is 17.6 Å². The normalized spacial score (nSPS) is 25.7. The van der Waals surface area contributed by atoms with Crippen molar-refractivity contribution in [1.29, 1.82) is 0 Å². The molecule has 1 aliphatic carbocycles. The predicted octanol–water partition coefficient (Wildman–Crippen LogP) is 2.77. The lowest BCUT2D eigenvalue weighted by molar-refractivity contribution is -0.0460. The minimum Gasteiger partial charge on any atom is -0.486 e. The Labute approximate surface area is 108 Å². The Balaban J connectivity index is 1.67. The molecule has 1 saturated carbocycles. The third kappa shape index (κ3) is 2.32. The first kappa shape index (κ1) is 11.8. The molecule has 98 valence electrons. The Morgan fingerprint density at radius 2 is 1.78 bits per heavy atom. The molecule has 3 heteroatoms. The number of benzene rings is 1. The smallest absolute Gasteiger partial charge is 0.161 e. The number of rotatable bonds is 2. The Morgan fingerprint density at radius 3 is 2.56 bits per heavy atom. The van der Waals surface area contributed by atoms with E-state index < -0.39 is 6.10 Å². The van der Waals surface area contributed by atoms with E-state index in [9.17, 15) is 5.11 Å². The zero-order chi connectivity index (χ0) is 12.4. The van der Waals surface area contributed by atoms with Crippen molar-refractivity contribution in [3.05, 3.63) is 24.3 Å². The second-order valence-corrected chi connectivity index (χ2v) is 5.30. The fraction of sp³-hybridized carbons (Fsp3) is 0.600. The molecule has 18 heavy (non-hydrogen) atoms. The average molecular weight is 248 g/mol. The van der Waals surface area contributed by atoms with Crippen LogP contribution in [0.3, 0.4) is 0 Å². The lowest BCUT2D eigenvalue weighted by atomic mass is 9.83. The van der Waals surface area contributed by atoms with Crippen LogP contribution in [-0.4, -0.2) is 23.9 Å². The quantitative estimate of drug-likeness (QED) is 0.874. The van der Waals surface area contributed by atoms with Gasteiger partial charge in [0.05, 0.1) is 6.10 Å². The molecule has 2 unspecified atom stereocenters. The summed E-state index contributed by atoms with van der Waals surface area (Å²) in [5, 5.41) is 10.4. The standard InChI is InChI=1S/C15H20O3/c16-15(11-6-2-1-3-7-11)14-10-17-12-8-4-5-9-13(12)18-14/h4-5,8-9,11,14-16H,1-3,6-7,10H2. The highest BCUT2D eigenvalue weighted by Gasteiger charge is 2.33. The fourth-order valence-corrected chi connectivity index (χ4v) is 2.98. The van der Waals surface area contributed by atoms with E-state index in [1.165, 1.54) is 19.3 Å². The Morgan fingerprint density at radius 1 is 1.06 bits per heavy atom. The van der Waals surface area contributed by atoms with Gasteiger partial charge >= 0.3 is 0 Å². The van der Waals surface area contributed by atoms with Gasteiger partial charge in [-0.3, -0.25) is 0 Å². The van der Waals surface area contributed by atoms with Crippen LogP contribution in [0.4, 0.5) is 0 Å².